The lowest BCUT2D eigenvalue weighted by molar-refractivity contribution is 0.132. The van der Waals surface area contributed by atoms with Crippen LogP contribution >= 0.6 is 11.3 Å². The van der Waals surface area contributed by atoms with Crippen LogP contribution in [0.4, 0.5) is 5.13 Å². The Balaban J connectivity index is 1.84. The van der Waals surface area contributed by atoms with Gasteiger partial charge in [0.15, 0.2) is 5.13 Å². The van der Waals surface area contributed by atoms with E-state index >= 15 is 0 Å². The molecule has 2 aromatic rings. The number of nitrogen functional groups attached to an aromatic ring is 1. The first kappa shape index (κ1) is 14.5. The standard InChI is InChI=1S/C16H21N3OS/c17-16-18-10-13(21-16)11-19(8-9-20)15-7-3-5-12-4-1-2-6-14(12)15/h1-2,4,6,10,15,20H,3,5,7-9,11H2,(H2,17,18). The minimum absolute atomic E-state index is 0.174. The maximum Gasteiger partial charge on any atom is 0.180 e. The molecule has 1 aromatic carbocycles. The van der Waals surface area contributed by atoms with Crippen LogP contribution in [-0.4, -0.2) is 28.1 Å². The lowest BCUT2D eigenvalue weighted by Crippen LogP contribution is -2.33. The maximum absolute atomic E-state index is 9.42. The summed E-state index contributed by atoms with van der Waals surface area (Å²) in [6.45, 7) is 1.65. The van der Waals surface area contributed by atoms with Crippen molar-refractivity contribution >= 4 is 16.5 Å². The zero-order valence-corrected chi connectivity index (χ0v) is 12.9. The predicted molar refractivity (Wildman–Crippen MR) is 86.1 cm³/mol. The van der Waals surface area contributed by atoms with Gasteiger partial charge in [0.25, 0.3) is 0 Å². The minimum Gasteiger partial charge on any atom is -0.395 e. The Morgan fingerprint density at radius 3 is 3.00 bits per heavy atom. The molecule has 112 valence electrons. The molecule has 21 heavy (non-hydrogen) atoms. The first-order valence-corrected chi connectivity index (χ1v) is 8.22. The van der Waals surface area contributed by atoms with Gasteiger partial charge in [-0.15, -0.1) is 11.3 Å². The van der Waals surface area contributed by atoms with Gasteiger partial charge in [0.1, 0.15) is 0 Å². The fourth-order valence-electron chi connectivity index (χ4n) is 3.18. The van der Waals surface area contributed by atoms with E-state index in [0.717, 1.165) is 24.3 Å². The summed E-state index contributed by atoms with van der Waals surface area (Å²) in [7, 11) is 0. The van der Waals surface area contributed by atoms with E-state index in [-0.39, 0.29) is 6.61 Å². The highest BCUT2D eigenvalue weighted by Crippen LogP contribution is 2.35. The van der Waals surface area contributed by atoms with Crippen LogP contribution in [0.25, 0.3) is 0 Å². The summed E-state index contributed by atoms with van der Waals surface area (Å²) in [4.78, 5) is 7.63. The van der Waals surface area contributed by atoms with Gasteiger partial charge in [-0.3, -0.25) is 4.90 Å². The Hall–Kier alpha value is -1.43. The highest BCUT2D eigenvalue weighted by Gasteiger charge is 2.25. The molecule has 0 bridgehead atoms. The number of nitrogens with zero attached hydrogens (tertiary/aromatic N) is 2. The molecule has 0 radical (unpaired) electrons. The average molecular weight is 303 g/mol. The summed E-state index contributed by atoms with van der Waals surface area (Å²) in [5.74, 6) is 0. The molecular weight excluding hydrogens is 282 g/mol. The van der Waals surface area contributed by atoms with E-state index < -0.39 is 0 Å². The zero-order chi connectivity index (χ0) is 14.7. The van der Waals surface area contributed by atoms with Crippen molar-refractivity contribution < 1.29 is 5.11 Å². The largest absolute Gasteiger partial charge is 0.395 e. The molecule has 0 fully saturated rings. The van der Waals surface area contributed by atoms with Gasteiger partial charge in [-0.25, -0.2) is 4.98 Å². The molecule has 3 rings (SSSR count). The topological polar surface area (TPSA) is 62.4 Å². The summed E-state index contributed by atoms with van der Waals surface area (Å²) in [5, 5.41) is 10.0. The van der Waals surface area contributed by atoms with Crippen molar-refractivity contribution in [2.24, 2.45) is 0 Å². The van der Waals surface area contributed by atoms with E-state index in [2.05, 4.69) is 34.1 Å². The summed E-state index contributed by atoms with van der Waals surface area (Å²) >= 11 is 1.53. The molecule has 0 spiro atoms. The summed E-state index contributed by atoms with van der Waals surface area (Å²) in [6, 6.07) is 9.05. The number of anilines is 1. The van der Waals surface area contributed by atoms with E-state index in [9.17, 15) is 5.11 Å². The third-order valence-electron chi connectivity index (χ3n) is 4.10. The van der Waals surface area contributed by atoms with Gasteiger partial charge in [-0.1, -0.05) is 24.3 Å². The molecule has 0 saturated carbocycles. The van der Waals surface area contributed by atoms with Gasteiger partial charge in [-0.05, 0) is 30.4 Å². The van der Waals surface area contributed by atoms with Crippen molar-refractivity contribution in [3.8, 4) is 0 Å². The fraction of sp³-hybridized carbons (Fsp3) is 0.438. The Kier molecular flexibility index (Phi) is 4.53. The Labute approximate surface area is 129 Å². The van der Waals surface area contributed by atoms with Crippen LogP contribution in [0.5, 0.6) is 0 Å². The monoisotopic (exact) mass is 303 g/mol. The van der Waals surface area contributed by atoms with Crippen LogP contribution in [0.3, 0.4) is 0 Å². The highest BCUT2D eigenvalue weighted by atomic mass is 32.1. The molecule has 4 nitrogen and oxygen atoms in total. The second kappa shape index (κ2) is 6.56. The molecule has 1 heterocycles. The number of nitrogens with two attached hydrogens (primary N) is 1. The van der Waals surface area contributed by atoms with Crippen LogP contribution in [0.15, 0.2) is 30.5 Å². The first-order valence-electron chi connectivity index (χ1n) is 7.41. The van der Waals surface area contributed by atoms with E-state index in [1.807, 2.05) is 6.20 Å². The number of aryl methyl sites for hydroxylation is 1. The molecule has 3 N–H and O–H groups in total. The molecule has 0 amide bonds. The third kappa shape index (κ3) is 3.26. The van der Waals surface area contributed by atoms with E-state index in [4.69, 9.17) is 5.73 Å². The van der Waals surface area contributed by atoms with Gasteiger partial charge < -0.3 is 10.8 Å². The summed E-state index contributed by atoms with van der Waals surface area (Å²) in [5.41, 5.74) is 8.58. The molecule has 5 heteroatoms. The number of fused-ring (bicyclic) bond motifs is 1. The number of aliphatic hydroxyl groups is 1. The van der Waals surface area contributed by atoms with Gasteiger partial charge in [0, 0.05) is 30.2 Å². The SMILES string of the molecule is Nc1ncc(CN(CCO)C2CCCc3ccccc32)s1. The molecule has 1 aliphatic rings. The smallest absolute Gasteiger partial charge is 0.180 e. The number of hydrogen-bond donors (Lipinski definition) is 2. The van der Waals surface area contributed by atoms with Crippen molar-refractivity contribution in [3.05, 3.63) is 46.5 Å². The van der Waals surface area contributed by atoms with Gasteiger partial charge in [0.05, 0.1) is 6.61 Å². The van der Waals surface area contributed by atoms with E-state index in [0.29, 0.717) is 17.7 Å². The van der Waals surface area contributed by atoms with Crippen LogP contribution in [-0.2, 0) is 13.0 Å². The maximum atomic E-state index is 9.42. The molecule has 0 saturated heterocycles. The molecule has 1 atom stereocenters. The lowest BCUT2D eigenvalue weighted by atomic mass is 9.87. The Morgan fingerprint density at radius 1 is 1.38 bits per heavy atom. The number of hydrogen-bond acceptors (Lipinski definition) is 5. The van der Waals surface area contributed by atoms with E-state index in [1.165, 1.54) is 28.9 Å². The first-order chi connectivity index (χ1) is 10.3. The Bertz CT molecular complexity index is 599. The number of aliphatic hydroxyl groups excluding tert-OH is 1. The molecule has 0 aliphatic heterocycles. The molecule has 1 aromatic heterocycles. The zero-order valence-electron chi connectivity index (χ0n) is 12.0. The van der Waals surface area contributed by atoms with Crippen molar-refractivity contribution in [1.29, 1.82) is 0 Å². The summed E-state index contributed by atoms with van der Waals surface area (Å²) in [6.07, 6.45) is 5.35. The minimum atomic E-state index is 0.174. The van der Waals surface area contributed by atoms with Crippen LogP contribution < -0.4 is 5.73 Å². The number of aromatic nitrogens is 1. The molecule has 1 aliphatic carbocycles. The molecular formula is C16H21N3OS. The summed E-state index contributed by atoms with van der Waals surface area (Å²) < 4.78 is 0. The van der Waals surface area contributed by atoms with Gasteiger partial charge in [-0.2, -0.15) is 0 Å². The van der Waals surface area contributed by atoms with Gasteiger partial charge >= 0.3 is 0 Å². The van der Waals surface area contributed by atoms with E-state index in [1.54, 1.807) is 0 Å². The van der Waals surface area contributed by atoms with Crippen LogP contribution in [0.1, 0.15) is 34.9 Å². The lowest BCUT2D eigenvalue weighted by Gasteiger charge is -2.35. The molecule has 1 unspecified atom stereocenters. The van der Waals surface area contributed by atoms with Crippen molar-refractivity contribution in [3.63, 3.8) is 0 Å². The number of thiazole rings is 1. The second-order valence-electron chi connectivity index (χ2n) is 5.47. The highest BCUT2D eigenvalue weighted by molar-refractivity contribution is 7.15. The number of rotatable bonds is 5. The predicted octanol–water partition coefficient (Wildman–Crippen LogP) is 2.60. The van der Waals surface area contributed by atoms with Crippen LogP contribution in [0, 0.1) is 0 Å². The normalized spacial score (nSPS) is 17.9. The van der Waals surface area contributed by atoms with Crippen LogP contribution in [0.2, 0.25) is 0 Å². The van der Waals surface area contributed by atoms with Crippen molar-refractivity contribution in [1.82, 2.24) is 9.88 Å². The third-order valence-corrected chi connectivity index (χ3v) is 4.91. The van der Waals surface area contributed by atoms with Gasteiger partial charge in [0.2, 0.25) is 0 Å². The fourth-order valence-corrected chi connectivity index (χ4v) is 3.89. The average Bonchev–Trinajstić information content (AvgIpc) is 2.91. The quantitative estimate of drug-likeness (QED) is 0.891. The number of benzene rings is 1. The Morgan fingerprint density at radius 2 is 2.24 bits per heavy atom. The second-order valence-corrected chi connectivity index (χ2v) is 6.61. The van der Waals surface area contributed by atoms with Crippen molar-refractivity contribution in [2.45, 2.75) is 31.8 Å². The van der Waals surface area contributed by atoms with Crippen molar-refractivity contribution in [2.75, 3.05) is 18.9 Å².